The number of imidazole rings is 1. The van der Waals surface area contributed by atoms with Gasteiger partial charge in [0, 0.05) is 45.6 Å². The molecule has 4 rings (SSSR count). The number of rotatable bonds is 3. The fraction of sp³-hybridized carbons (Fsp3) is 0.368. The zero-order valence-corrected chi connectivity index (χ0v) is 14.9. The van der Waals surface area contributed by atoms with Crippen LogP contribution in [0.25, 0.3) is 5.65 Å². The van der Waals surface area contributed by atoms with Crippen molar-refractivity contribution >= 4 is 11.6 Å². The lowest BCUT2D eigenvalue weighted by Gasteiger charge is -2.36. The molecule has 0 unspecified atom stereocenters. The molecule has 0 aliphatic carbocycles. The SMILES string of the molecule is CN(C[C@H]1Cc2ccccc2CN1C)C(=O)c1cnn2ccn(C)c12. The van der Waals surface area contributed by atoms with Gasteiger partial charge in [0.1, 0.15) is 11.2 Å². The first-order valence-electron chi connectivity index (χ1n) is 8.55. The van der Waals surface area contributed by atoms with Crippen LogP contribution in [-0.4, -0.2) is 56.6 Å². The molecule has 1 aromatic carbocycles. The third kappa shape index (κ3) is 2.72. The molecule has 1 aliphatic rings. The second kappa shape index (κ2) is 6.04. The normalized spacial score (nSPS) is 17.6. The van der Waals surface area contributed by atoms with Crippen molar-refractivity contribution < 1.29 is 4.79 Å². The van der Waals surface area contributed by atoms with E-state index < -0.39 is 0 Å². The van der Waals surface area contributed by atoms with Gasteiger partial charge < -0.3 is 9.47 Å². The third-order valence-corrected chi connectivity index (χ3v) is 5.21. The third-order valence-electron chi connectivity index (χ3n) is 5.21. The summed E-state index contributed by atoms with van der Waals surface area (Å²) in [5.41, 5.74) is 4.26. The molecule has 6 heteroatoms. The van der Waals surface area contributed by atoms with E-state index in [1.54, 1.807) is 10.7 Å². The van der Waals surface area contributed by atoms with E-state index in [1.807, 2.05) is 36.0 Å². The lowest BCUT2D eigenvalue weighted by Crippen LogP contribution is -2.46. The molecular formula is C19H23N5O. The highest BCUT2D eigenvalue weighted by Gasteiger charge is 2.27. The Labute approximate surface area is 147 Å². The van der Waals surface area contributed by atoms with Gasteiger partial charge in [-0.25, -0.2) is 4.52 Å². The van der Waals surface area contributed by atoms with Gasteiger partial charge in [-0.1, -0.05) is 24.3 Å². The number of carbonyl (C=O) groups excluding carboxylic acids is 1. The van der Waals surface area contributed by atoms with Gasteiger partial charge in [-0.05, 0) is 24.6 Å². The minimum absolute atomic E-state index is 0.0176. The first-order chi connectivity index (χ1) is 12.0. The number of amides is 1. The number of nitrogens with zero attached hydrogens (tertiary/aromatic N) is 5. The van der Waals surface area contributed by atoms with E-state index in [0.717, 1.165) is 18.6 Å². The quantitative estimate of drug-likeness (QED) is 0.732. The molecular weight excluding hydrogens is 314 g/mol. The van der Waals surface area contributed by atoms with Crippen molar-refractivity contribution in [3.8, 4) is 0 Å². The highest BCUT2D eigenvalue weighted by atomic mass is 16.2. The van der Waals surface area contributed by atoms with Gasteiger partial charge >= 0.3 is 0 Å². The van der Waals surface area contributed by atoms with Crippen LogP contribution in [-0.2, 0) is 20.0 Å². The van der Waals surface area contributed by atoms with Crippen LogP contribution in [0.4, 0.5) is 0 Å². The minimum atomic E-state index is 0.0176. The summed E-state index contributed by atoms with van der Waals surface area (Å²) in [5, 5.41) is 4.27. The van der Waals surface area contributed by atoms with Gasteiger partial charge in [0.05, 0.1) is 6.20 Å². The first kappa shape index (κ1) is 15.9. The Balaban J connectivity index is 1.53. The van der Waals surface area contributed by atoms with Gasteiger partial charge in [0.2, 0.25) is 0 Å². The maximum atomic E-state index is 12.9. The number of aryl methyl sites for hydroxylation is 1. The van der Waals surface area contributed by atoms with Crippen molar-refractivity contribution in [1.29, 1.82) is 0 Å². The zero-order valence-electron chi connectivity index (χ0n) is 14.9. The molecule has 0 radical (unpaired) electrons. The second-order valence-electron chi connectivity index (χ2n) is 6.96. The summed E-state index contributed by atoms with van der Waals surface area (Å²) in [7, 11) is 5.94. The summed E-state index contributed by atoms with van der Waals surface area (Å²) < 4.78 is 3.67. The summed E-state index contributed by atoms with van der Waals surface area (Å²) in [6, 6.07) is 8.89. The summed E-state index contributed by atoms with van der Waals surface area (Å²) in [5.74, 6) is 0.0176. The molecule has 0 spiro atoms. The molecule has 3 aromatic rings. The van der Waals surface area contributed by atoms with Gasteiger partial charge in [0.15, 0.2) is 0 Å². The molecule has 1 aliphatic heterocycles. The Morgan fingerprint density at radius 3 is 2.80 bits per heavy atom. The summed E-state index contributed by atoms with van der Waals surface area (Å²) >= 11 is 0. The summed E-state index contributed by atoms with van der Waals surface area (Å²) in [4.78, 5) is 17.1. The number of benzene rings is 1. The van der Waals surface area contributed by atoms with E-state index in [4.69, 9.17) is 0 Å². The van der Waals surface area contributed by atoms with Gasteiger partial charge in [0.25, 0.3) is 5.91 Å². The monoisotopic (exact) mass is 337 g/mol. The molecule has 0 saturated carbocycles. The van der Waals surface area contributed by atoms with Crippen LogP contribution in [0.3, 0.4) is 0 Å². The maximum absolute atomic E-state index is 12.9. The largest absolute Gasteiger partial charge is 0.340 e. The van der Waals surface area contributed by atoms with E-state index in [0.29, 0.717) is 18.2 Å². The van der Waals surface area contributed by atoms with E-state index in [-0.39, 0.29) is 5.91 Å². The standard InChI is InChI=1S/C19H23N5O/c1-21-8-9-24-18(21)17(11-20-24)19(25)23(3)13-16-10-14-6-4-5-7-15(14)12-22(16)2/h4-9,11,16H,10,12-13H2,1-3H3/t16-/m1/s1. The van der Waals surface area contributed by atoms with Crippen LogP contribution in [0.1, 0.15) is 21.5 Å². The van der Waals surface area contributed by atoms with Crippen molar-refractivity contribution in [2.75, 3.05) is 20.6 Å². The lowest BCUT2D eigenvalue weighted by molar-refractivity contribution is 0.0735. The number of hydrogen-bond acceptors (Lipinski definition) is 3. The Morgan fingerprint density at radius 1 is 1.24 bits per heavy atom. The highest BCUT2D eigenvalue weighted by Crippen LogP contribution is 2.23. The summed E-state index contributed by atoms with van der Waals surface area (Å²) in [6.45, 7) is 1.63. The van der Waals surface area contributed by atoms with E-state index in [1.165, 1.54) is 11.1 Å². The Hall–Kier alpha value is -2.60. The molecule has 1 amide bonds. The number of fused-ring (bicyclic) bond motifs is 2. The molecule has 0 saturated heterocycles. The number of carbonyl (C=O) groups is 1. The topological polar surface area (TPSA) is 45.8 Å². The van der Waals surface area contributed by atoms with Crippen LogP contribution in [0, 0.1) is 0 Å². The highest BCUT2D eigenvalue weighted by molar-refractivity contribution is 5.99. The molecule has 130 valence electrons. The van der Waals surface area contributed by atoms with Crippen molar-refractivity contribution in [3.05, 3.63) is 59.5 Å². The van der Waals surface area contributed by atoms with Gasteiger partial charge in [-0.2, -0.15) is 5.10 Å². The average Bonchev–Trinajstić information content (AvgIpc) is 3.18. The average molecular weight is 337 g/mol. The van der Waals surface area contributed by atoms with Crippen LogP contribution >= 0.6 is 0 Å². The predicted molar refractivity (Wildman–Crippen MR) is 96.5 cm³/mol. The minimum Gasteiger partial charge on any atom is -0.340 e. The van der Waals surface area contributed by atoms with Crippen molar-refractivity contribution in [2.24, 2.45) is 7.05 Å². The van der Waals surface area contributed by atoms with Crippen LogP contribution in [0.2, 0.25) is 0 Å². The van der Waals surface area contributed by atoms with Crippen LogP contribution in [0.15, 0.2) is 42.9 Å². The lowest BCUT2D eigenvalue weighted by atomic mass is 9.94. The smallest absolute Gasteiger partial charge is 0.259 e. The Morgan fingerprint density at radius 2 is 2.00 bits per heavy atom. The molecule has 2 aromatic heterocycles. The van der Waals surface area contributed by atoms with Gasteiger partial charge in [-0.3, -0.25) is 9.69 Å². The predicted octanol–water partition coefficient (Wildman–Crippen LogP) is 1.80. The molecule has 25 heavy (non-hydrogen) atoms. The first-order valence-corrected chi connectivity index (χ1v) is 8.55. The summed E-state index contributed by atoms with van der Waals surface area (Å²) in [6.07, 6.45) is 6.40. The van der Waals surface area contributed by atoms with Crippen LogP contribution in [0.5, 0.6) is 0 Å². The Kier molecular flexibility index (Phi) is 3.84. The molecule has 6 nitrogen and oxygen atoms in total. The number of likely N-dealkylation sites (N-methyl/N-ethyl adjacent to an activating group) is 2. The fourth-order valence-corrected chi connectivity index (χ4v) is 3.73. The molecule has 0 N–H and O–H groups in total. The van der Waals surface area contributed by atoms with Crippen LogP contribution < -0.4 is 0 Å². The van der Waals surface area contributed by atoms with Crippen molar-refractivity contribution in [1.82, 2.24) is 24.0 Å². The van der Waals surface area contributed by atoms with E-state index in [9.17, 15) is 4.79 Å². The molecule has 0 bridgehead atoms. The Bertz CT molecular complexity index is 925. The maximum Gasteiger partial charge on any atom is 0.259 e. The number of hydrogen-bond donors (Lipinski definition) is 0. The molecule has 1 atom stereocenters. The molecule has 3 heterocycles. The van der Waals surface area contributed by atoms with Crippen molar-refractivity contribution in [2.45, 2.75) is 19.0 Å². The van der Waals surface area contributed by atoms with Gasteiger partial charge in [-0.15, -0.1) is 0 Å². The zero-order chi connectivity index (χ0) is 17.6. The second-order valence-corrected chi connectivity index (χ2v) is 6.96. The van der Waals surface area contributed by atoms with E-state index in [2.05, 4.69) is 41.3 Å². The van der Waals surface area contributed by atoms with E-state index >= 15 is 0 Å². The number of aromatic nitrogens is 3. The fourth-order valence-electron chi connectivity index (χ4n) is 3.73. The molecule has 0 fully saturated rings. The van der Waals surface area contributed by atoms with Crippen molar-refractivity contribution in [3.63, 3.8) is 0 Å².